The van der Waals surface area contributed by atoms with E-state index in [2.05, 4.69) is 5.32 Å². The fourth-order valence-electron chi connectivity index (χ4n) is 2.65. The van der Waals surface area contributed by atoms with Crippen LogP contribution in [0.3, 0.4) is 0 Å². The number of benzene rings is 1. The van der Waals surface area contributed by atoms with Crippen LogP contribution in [0.1, 0.15) is 22.9 Å². The molecule has 23 heavy (non-hydrogen) atoms. The number of hydrogen-bond donors (Lipinski definition) is 1. The van der Waals surface area contributed by atoms with E-state index in [1.807, 2.05) is 56.5 Å². The summed E-state index contributed by atoms with van der Waals surface area (Å²) in [5, 5.41) is 5.11. The smallest absolute Gasteiger partial charge is 0.278 e. The number of anilines is 1. The van der Waals surface area contributed by atoms with Gasteiger partial charge < -0.3 is 5.32 Å². The van der Waals surface area contributed by atoms with Crippen LogP contribution in [0.4, 0.5) is 5.69 Å². The molecular formula is C18H18N2O2S. The zero-order valence-electron chi connectivity index (χ0n) is 13.3. The summed E-state index contributed by atoms with van der Waals surface area (Å²) in [5.74, 6) is -0.491. The third-order valence-electron chi connectivity index (χ3n) is 4.12. The van der Waals surface area contributed by atoms with Gasteiger partial charge in [0.1, 0.15) is 5.70 Å². The van der Waals surface area contributed by atoms with E-state index in [0.717, 1.165) is 21.7 Å². The zero-order chi connectivity index (χ0) is 16.6. The van der Waals surface area contributed by atoms with Crippen LogP contribution in [0.15, 0.2) is 41.4 Å². The van der Waals surface area contributed by atoms with Gasteiger partial charge in [0.15, 0.2) is 0 Å². The summed E-state index contributed by atoms with van der Waals surface area (Å²) in [4.78, 5) is 27.3. The molecule has 0 unspecified atom stereocenters. The minimum Gasteiger partial charge on any atom is -0.350 e. The molecule has 5 heteroatoms. The number of likely N-dealkylation sites (N-methyl/N-ethyl adjacent to an activating group) is 1. The molecule has 4 nitrogen and oxygen atoms in total. The lowest BCUT2D eigenvalue weighted by Crippen LogP contribution is -2.32. The van der Waals surface area contributed by atoms with Gasteiger partial charge in [0, 0.05) is 17.1 Å². The van der Waals surface area contributed by atoms with Crippen molar-refractivity contribution in [3.63, 3.8) is 0 Å². The van der Waals surface area contributed by atoms with Crippen LogP contribution in [-0.2, 0) is 9.59 Å². The topological polar surface area (TPSA) is 49.4 Å². The van der Waals surface area contributed by atoms with Crippen molar-refractivity contribution < 1.29 is 9.59 Å². The Morgan fingerprint density at radius 1 is 1.09 bits per heavy atom. The maximum atomic E-state index is 12.6. The second-order valence-electron chi connectivity index (χ2n) is 5.45. The molecule has 2 amide bonds. The van der Waals surface area contributed by atoms with Gasteiger partial charge in [0.05, 0.1) is 5.57 Å². The van der Waals surface area contributed by atoms with Gasteiger partial charge in [-0.1, -0.05) is 18.2 Å². The molecule has 1 N–H and O–H groups in total. The van der Waals surface area contributed by atoms with Gasteiger partial charge in [0.2, 0.25) is 0 Å². The normalized spacial score (nSPS) is 14.8. The summed E-state index contributed by atoms with van der Waals surface area (Å²) in [6.45, 7) is 6.20. The molecule has 0 fully saturated rings. The van der Waals surface area contributed by atoms with Crippen LogP contribution < -0.4 is 5.32 Å². The summed E-state index contributed by atoms with van der Waals surface area (Å²) >= 11 is 1.46. The molecule has 118 valence electrons. The lowest BCUT2D eigenvalue weighted by Gasteiger charge is -2.14. The van der Waals surface area contributed by atoms with E-state index in [1.165, 1.54) is 16.2 Å². The van der Waals surface area contributed by atoms with Crippen LogP contribution in [-0.4, -0.2) is 23.3 Å². The molecule has 0 radical (unpaired) electrons. The highest BCUT2D eigenvalue weighted by atomic mass is 32.1. The lowest BCUT2D eigenvalue weighted by molar-refractivity contribution is -0.136. The Labute approximate surface area is 139 Å². The fourth-order valence-corrected chi connectivity index (χ4v) is 3.42. The van der Waals surface area contributed by atoms with Gasteiger partial charge in [-0.05, 0) is 49.4 Å². The molecule has 0 bridgehead atoms. The first-order valence-corrected chi connectivity index (χ1v) is 8.40. The van der Waals surface area contributed by atoms with Crippen LogP contribution in [0.5, 0.6) is 0 Å². The molecule has 0 aliphatic carbocycles. The Bertz CT molecular complexity index is 806. The largest absolute Gasteiger partial charge is 0.350 e. The summed E-state index contributed by atoms with van der Waals surface area (Å²) in [6, 6.07) is 9.64. The van der Waals surface area contributed by atoms with Crippen molar-refractivity contribution in [3.05, 3.63) is 57.4 Å². The molecule has 2 heterocycles. The fraction of sp³-hybridized carbons (Fsp3) is 0.222. The molecule has 0 saturated carbocycles. The molecule has 1 aliphatic rings. The molecule has 3 rings (SSSR count). The van der Waals surface area contributed by atoms with E-state index in [9.17, 15) is 9.59 Å². The molecule has 1 aliphatic heterocycles. The number of thiophene rings is 1. The summed E-state index contributed by atoms with van der Waals surface area (Å²) < 4.78 is 0. The average Bonchev–Trinajstić information content (AvgIpc) is 3.12. The Kier molecular flexibility index (Phi) is 4.05. The molecule has 0 atom stereocenters. The standard InChI is InChI=1S/C18H18N2O2S/c1-4-20-17(21)15(14-9-6-10-23-14)16(18(20)22)19-13-8-5-7-11(2)12(13)3/h5-10,19H,4H2,1-3H3. The van der Waals surface area contributed by atoms with Crippen LogP contribution >= 0.6 is 11.3 Å². The van der Waals surface area contributed by atoms with Gasteiger partial charge in [-0.3, -0.25) is 14.5 Å². The van der Waals surface area contributed by atoms with Crippen molar-refractivity contribution in [1.29, 1.82) is 0 Å². The quantitative estimate of drug-likeness (QED) is 0.874. The van der Waals surface area contributed by atoms with Crippen molar-refractivity contribution in [2.24, 2.45) is 0 Å². The number of carbonyl (C=O) groups is 2. The molecule has 0 spiro atoms. The van der Waals surface area contributed by atoms with E-state index in [4.69, 9.17) is 0 Å². The van der Waals surface area contributed by atoms with Crippen LogP contribution in [0, 0.1) is 13.8 Å². The second-order valence-corrected chi connectivity index (χ2v) is 6.40. The molecule has 1 aromatic heterocycles. The number of hydrogen-bond acceptors (Lipinski definition) is 4. The van der Waals surface area contributed by atoms with Crippen LogP contribution in [0.2, 0.25) is 0 Å². The number of nitrogens with one attached hydrogen (secondary N) is 1. The van der Waals surface area contributed by atoms with Crippen molar-refractivity contribution in [1.82, 2.24) is 4.90 Å². The van der Waals surface area contributed by atoms with Crippen molar-refractivity contribution >= 4 is 34.4 Å². The summed E-state index contributed by atoms with van der Waals surface area (Å²) in [5.41, 5.74) is 3.90. The molecule has 0 saturated heterocycles. The Morgan fingerprint density at radius 2 is 1.87 bits per heavy atom. The Morgan fingerprint density at radius 3 is 2.52 bits per heavy atom. The van der Waals surface area contributed by atoms with E-state index >= 15 is 0 Å². The van der Waals surface area contributed by atoms with Crippen molar-refractivity contribution in [2.45, 2.75) is 20.8 Å². The van der Waals surface area contributed by atoms with E-state index in [-0.39, 0.29) is 11.8 Å². The SMILES string of the molecule is CCN1C(=O)C(Nc2cccc(C)c2C)=C(c2cccs2)C1=O. The van der Waals surface area contributed by atoms with Gasteiger partial charge in [0.25, 0.3) is 11.8 Å². The first-order valence-electron chi connectivity index (χ1n) is 7.52. The van der Waals surface area contributed by atoms with E-state index in [0.29, 0.717) is 17.8 Å². The highest BCUT2D eigenvalue weighted by Crippen LogP contribution is 2.33. The number of carbonyl (C=O) groups excluding carboxylic acids is 2. The summed E-state index contributed by atoms with van der Waals surface area (Å²) in [6.07, 6.45) is 0. The molecule has 1 aromatic carbocycles. The number of aryl methyl sites for hydroxylation is 1. The number of amides is 2. The van der Waals surface area contributed by atoms with Crippen molar-refractivity contribution in [3.8, 4) is 0 Å². The second kappa shape index (κ2) is 6.01. The number of rotatable bonds is 4. The maximum absolute atomic E-state index is 12.6. The predicted octanol–water partition coefficient (Wildman–Crippen LogP) is 3.58. The zero-order valence-corrected chi connectivity index (χ0v) is 14.2. The van der Waals surface area contributed by atoms with Gasteiger partial charge in [-0.15, -0.1) is 11.3 Å². The predicted molar refractivity (Wildman–Crippen MR) is 93.2 cm³/mol. The van der Waals surface area contributed by atoms with Gasteiger partial charge >= 0.3 is 0 Å². The minimum atomic E-state index is -0.262. The van der Waals surface area contributed by atoms with Gasteiger partial charge in [-0.25, -0.2) is 0 Å². The first-order chi connectivity index (χ1) is 11.0. The molecule has 2 aromatic rings. The minimum absolute atomic E-state index is 0.229. The summed E-state index contributed by atoms with van der Waals surface area (Å²) in [7, 11) is 0. The first kappa shape index (κ1) is 15.5. The average molecular weight is 326 g/mol. The van der Waals surface area contributed by atoms with E-state index in [1.54, 1.807) is 0 Å². The maximum Gasteiger partial charge on any atom is 0.278 e. The number of nitrogens with zero attached hydrogens (tertiary/aromatic N) is 1. The third kappa shape index (κ3) is 2.57. The van der Waals surface area contributed by atoms with Crippen molar-refractivity contribution in [2.75, 3.05) is 11.9 Å². The lowest BCUT2D eigenvalue weighted by atomic mass is 10.1. The Balaban J connectivity index is 2.10. The van der Waals surface area contributed by atoms with Gasteiger partial charge in [-0.2, -0.15) is 0 Å². The Hall–Kier alpha value is -2.40. The monoisotopic (exact) mass is 326 g/mol. The third-order valence-corrected chi connectivity index (χ3v) is 5.00. The highest BCUT2D eigenvalue weighted by molar-refractivity contribution is 7.11. The highest BCUT2D eigenvalue weighted by Gasteiger charge is 2.38. The number of imide groups is 1. The van der Waals surface area contributed by atoms with E-state index < -0.39 is 0 Å². The van der Waals surface area contributed by atoms with Crippen LogP contribution in [0.25, 0.3) is 5.57 Å². The molecular weight excluding hydrogens is 308 g/mol.